The maximum atomic E-state index is 10.6. The van der Waals surface area contributed by atoms with E-state index in [1.807, 2.05) is 0 Å². The van der Waals surface area contributed by atoms with Crippen molar-refractivity contribution in [1.29, 1.82) is 0 Å². The first-order valence-corrected chi connectivity index (χ1v) is 6.74. The van der Waals surface area contributed by atoms with Gasteiger partial charge in [-0.05, 0) is 18.4 Å². The van der Waals surface area contributed by atoms with Crippen molar-refractivity contribution in [1.82, 2.24) is 5.32 Å². The van der Waals surface area contributed by atoms with E-state index in [0.29, 0.717) is 6.54 Å². The Labute approximate surface area is 112 Å². The summed E-state index contributed by atoms with van der Waals surface area (Å²) in [6, 6.07) is 6.56. The molecule has 1 aromatic rings. The van der Waals surface area contributed by atoms with Gasteiger partial charge in [-0.2, -0.15) is 0 Å². The average Bonchev–Trinajstić information content (AvgIpc) is 2.46. The van der Waals surface area contributed by atoms with E-state index in [1.54, 1.807) is 12.1 Å². The smallest absolute Gasteiger partial charge is 0.269 e. The van der Waals surface area contributed by atoms with Crippen molar-refractivity contribution >= 4 is 5.69 Å². The molecule has 0 saturated heterocycles. The van der Waals surface area contributed by atoms with Crippen molar-refractivity contribution < 1.29 is 10.0 Å². The zero-order valence-electron chi connectivity index (χ0n) is 11.0. The number of nitrogens with one attached hydrogen (secondary N) is 1. The minimum absolute atomic E-state index is 0.110. The van der Waals surface area contributed by atoms with Gasteiger partial charge in [-0.3, -0.25) is 10.1 Å². The van der Waals surface area contributed by atoms with E-state index in [1.165, 1.54) is 18.6 Å². The first-order chi connectivity index (χ1) is 9.15. The third kappa shape index (κ3) is 3.52. The molecule has 5 nitrogen and oxygen atoms in total. The summed E-state index contributed by atoms with van der Waals surface area (Å²) in [4.78, 5) is 10.2. The largest absolute Gasteiger partial charge is 0.394 e. The standard InChI is InChI=1S/C14H20N2O3/c17-11-14(8-2-1-3-9-14)15-10-12-4-6-13(7-5-12)16(18)19/h4-7,15,17H,1-3,8-11H2. The summed E-state index contributed by atoms with van der Waals surface area (Å²) in [5.41, 5.74) is 0.947. The molecule has 0 aromatic heterocycles. The molecule has 0 bridgehead atoms. The van der Waals surface area contributed by atoms with Gasteiger partial charge >= 0.3 is 0 Å². The molecule has 1 saturated carbocycles. The lowest BCUT2D eigenvalue weighted by Crippen LogP contribution is -2.49. The molecule has 0 atom stereocenters. The molecule has 19 heavy (non-hydrogen) atoms. The van der Waals surface area contributed by atoms with Gasteiger partial charge in [-0.1, -0.05) is 31.4 Å². The maximum absolute atomic E-state index is 10.6. The number of non-ortho nitro benzene ring substituents is 1. The van der Waals surface area contributed by atoms with Gasteiger partial charge in [-0.25, -0.2) is 0 Å². The fourth-order valence-corrected chi connectivity index (χ4v) is 2.64. The van der Waals surface area contributed by atoms with Crippen molar-refractivity contribution in [2.75, 3.05) is 6.61 Å². The summed E-state index contributed by atoms with van der Waals surface area (Å²) in [6.45, 7) is 0.790. The van der Waals surface area contributed by atoms with Crippen molar-refractivity contribution in [2.24, 2.45) is 0 Å². The van der Waals surface area contributed by atoms with E-state index in [9.17, 15) is 15.2 Å². The molecule has 2 N–H and O–H groups in total. The van der Waals surface area contributed by atoms with Crippen LogP contribution in [0.15, 0.2) is 24.3 Å². The van der Waals surface area contributed by atoms with Crippen molar-refractivity contribution in [3.63, 3.8) is 0 Å². The molecule has 0 radical (unpaired) electrons. The molecule has 1 fully saturated rings. The molecule has 104 valence electrons. The lowest BCUT2D eigenvalue weighted by Gasteiger charge is -2.36. The highest BCUT2D eigenvalue weighted by Gasteiger charge is 2.30. The monoisotopic (exact) mass is 264 g/mol. The van der Waals surface area contributed by atoms with E-state index in [2.05, 4.69) is 5.32 Å². The van der Waals surface area contributed by atoms with Gasteiger partial charge in [0.05, 0.1) is 11.5 Å². The Bertz CT molecular complexity index is 425. The van der Waals surface area contributed by atoms with E-state index >= 15 is 0 Å². The lowest BCUT2D eigenvalue weighted by molar-refractivity contribution is -0.384. The molecule has 1 aliphatic carbocycles. The lowest BCUT2D eigenvalue weighted by atomic mass is 9.82. The second-order valence-electron chi connectivity index (χ2n) is 5.28. The second-order valence-corrected chi connectivity index (χ2v) is 5.28. The number of nitro benzene ring substituents is 1. The maximum Gasteiger partial charge on any atom is 0.269 e. The highest BCUT2D eigenvalue weighted by atomic mass is 16.6. The van der Waals surface area contributed by atoms with Crippen molar-refractivity contribution in [3.8, 4) is 0 Å². The van der Waals surface area contributed by atoms with Crippen LogP contribution >= 0.6 is 0 Å². The quantitative estimate of drug-likeness (QED) is 0.632. The van der Waals surface area contributed by atoms with Gasteiger partial charge < -0.3 is 10.4 Å². The first kappa shape index (κ1) is 14.0. The Balaban J connectivity index is 1.95. The van der Waals surface area contributed by atoms with Crippen LogP contribution in [0.4, 0.5) is 5.69 Å². The van der Waals surface area contributed by atoms with Crippen LogP contribution in [0.1, 0.15) is 37.7 Å². The van der Waals surface area contributed by atoms with Gasteiger partial charge in [0.2, 0.25) is 0 Å². The summed E-state index contributed by atoms with van der Waals surface area (Å²) < 4.78 is 0. The fraction of sp³-hybridized carbons (Fsp3) is 0.571. The molecular formula is C14H20N2O3. The van der Waals surface area contributed by atoms with Crippen LogP contribution in [0.3, 0.4) is 0 Å². The van der Waals surface area contributed by atoms with E-state index < -0.39 is 4.92 Å². The predicted molar refractivity (Wildman–Crippen MR) is 72.8 cm³/mol. The number of hydrogen-bond donors (Lipinski definition) is 2. The minimum atomic E-state index is -0.395. The second kappa shape index (κ2) is 6.12. The van der Waals surface area contributed by atoms with Crippen LogP contribution in [0.2, 0.25) is 0 Å². The van der Waals surface area contributed by atoms with E-state index in [-0.39, 0.29) is 17.8 Å². The highest BCUT2D eigenvalue weighted by molar-refractivity contribution is 5.32. The molecular weight excluding hydrogens is 244 g/mol. The summed E-state index contributed by atoms with van der Waals surface area (Å²) >= 11 is 0. The Morgan fingerprint density at radius 1 is 1.21 bits per heavy atom. The Kier molecular flexibility index (Phi) is 4.50. The van der Waals surface area contributed by atoms with E-state index in [0.717, 1.165) is 31.2 Å². The topological polar surface area (TPSA) is 75.4 Å². The molecule has 2 rings (SSSR count). The molecule has 5 heteroatoms. The molecule has 0 heterocycles. The molecule has 1 aliphatic rings. The predicted octanol–water partition coefficient (Wildman–Crippen LogP) is 2.38. The average molecular weight is 264 g/mol. The fourth-order valence-electron chi connectivity index (χ4n) is 2.64. The number of nitro groups is 1. The van der Waals surface area contributed by atoms with Gasteiger partial charge in [-0.15, -0.1) is 0 Å². The van der Waals surface area contributed by atoms with Crippen molar-refractivity contribution in [2.45, 2.75) is 44.2 Å². The van der Waals surface area contributed by atoms with Gasteiger partial charge in [0.25, 0.3) is 5.69 Å². The number of aliphatic hydroxyl groups excluding tert-OH is 1. The number of benzene rings is 1. The molecule has 0 aliphatic heterocycles. The van der Waals surface area contributed by atoms with Gasteiger partial charge in [0.15, 0.2) is 0 Å². The van der Waals surface area contributed by atoms with Crippen molar-refractivity contribution in [3.05, 3.63) is 39.9 Å². The van der Waals surface area contributed by atoms with E-state index in [4.69, 9.17) is 0 Å². The first-order valence-electron chi connectivity index (χ1n) is 6.74. The number of nitrogens with zero attached hydrogens (tertiary/aromatic N) is 1. The summed E-state index contributed by atoms with van der Waals surface area (Å²) in [6.07, 6.45) is 5.52. The normalized spacial score (nSPS) is 18.2. The van der Waals surface area contributed by atoms with Crippen LogP contribution < -0.4 is 5.32 Å². The van der Waals surface area contributed by atoms with Crippen LogP contribution in [-0.2, 0) is 6.54 Å². The minimum Gasteiger partial charge on any atom is -0.394 e. The number of rotatable bonds is 5. The molecule has 0 spiro atoms. The van der Waals surface area contributed by atoms with Crippen LogP contribution in [0.25, 0.3) is 0 Å². The Morgan fingerprint density at radius 3 is 2.37 bits per heavy atom. The third-order valence-electron chi connectivity index (χ3n) is 3.93. The number of hydrogen-bond acceptors (Lipinski definition) is 4. The Morgan fingerprint density at radius 2 is 1.84 bits per heavy atom. The molecule has 0 unspecified atom stereocenters. The van der Waals surface area contributed by atoms with Gasteiger partial charge in [0.1, 0.15) is 0 Å². The number of aliphatic hydroxyl groups is 1. The SMILES string of the molecule is O=[N+]([O-])c1ccc(CNC2(CO)CCCCC2)cc1. The van der Waals surface area contributed by atoms with Gasteiger partial charge in [0, 0.05) is 24.2 Å². The summed E-state index contributed by atoms with van der Waals surface area (Å²) in [5.74, 6) is 0. The highest BCUT2D eigenvalue weighted by Crippen LogP contribution is 2.28. The van der Waals surface area contributed by atoms with Crippen LogP contribution in [0.5, 0.6) is 0 Å². The summed E-state index contributed by atoms with van der Waals surface area (Å²) in [7, 11) is 0. The zero-order valence-corrected chi connectivity index (χ0v) is 11.0. The van der Waals surface area contributed by atoms with Crippen LogP contribution in [0, 0.1) is 10.1 Å². The molecule has 1 aromatic carbocycles. The third-order valence-corrected chi connectivity index (χ3v) is 3.93. The zero-order chi connectivity index (χ0) is 13.7. The Hall–Kier alpha value is -1.46. The summed E-state index contributed by atoms with van der Waals surface area (Å²) in [5, 5.41) is 23.6. The van der Waals surface area contributed by atoms with Crippen LogP contribution in [-0.4, -0.2) is 22.2 Å². The molecule has 0 amide bonds.